The van der Waals surface area contributed by atoms with Gasteiger partial charge in [0.15, 0.2) is 11.7 Å². The van der Waals surface area contributed by atoms with Crippen molar-refractivity contribution in [3.63, 3.8) is 0 Å². The molecule has 0 saturated carbocycles. The minimum Gasteiger partial charge on any atom is -0.441 e. The number of aromatic nitrogens is 1. The third kappa shape index (κ3) is 5.50. The van der Waals surface area contributed by atoms with Gasteiger partial charge in [-0.3, -0.25) is 9.69 Å². The Morgan fingerprint density at radius 1 is 1.00 bits per heavy atom. The Kier molecular flexibility index (Phi) is 7.11. The Balaban J connectivity index is 1.16. The summed E-state index contributed by atoms with van der Waals surface area (Å²) in [6, 6.07) is 14.0. The molecule has 168 valence electrons. The number of piperazine rings is 1. The van der Waals surface area contributed by atoms with Crippen LogP contribution in [-0.4, -0.2) is 55.1 Å². The average Bonchev–Trinajstić information content (AvgIpc) is 3.27. The third-order valence-electron chi connectivity index (χ3n) is 5.57. The second-order valence-corrected chi connectivity index (χ2v) is 7.73. The number of carbonyl (C=O) groups excluding carboxylic acids is 1. The molecule has 2 heterocycles. The van der Waals surface area contributed by atoms with E-state index in [1.54, 1.807) is 0 Å². The number of aryl methyl sites for hydroxylation is 1. The normalized spacial score (nSPS) is 14.5. The number of nitrogens with one attached hydrogen (secondary N) is 1. The number of hydrogen-bond donors (Lipinski definition) is 1. The number of carbonyl (C=O) groups is 1. The Morgan fingerprint density at radius 2 is 1.72 bits per heavy atom. The van der Waals surface area contributed by atoms with Crippen molar-refractivity contribution in [1.82, 2.24) is 15.2 Å². The second kappa shape index (κ2) is 10.4. The molecule has 3 aromatic rings. The molecule has 1 saturated heterocycles. The Labute approximate surface area is 185 Å². The first-order valence-corrected chi connectivity index (χ1v) is 10.8. The Bertz CT molecular complexity index is 1010. The van der Waals surface area contributed by atoms with E-state index in [0.29, 0.717) is 6.54 Å². The summed E-state index contributed by atoms with van der Waals surface area (Å²) in [6.07, 6.45) is 1.74. The molecule has 1 fully saturated rings. The van der Waals surface area contributed by atoms with Crippen molar-refractivity contribution >= 4 is 11.6 Å². The van der Waals surface area contributed by atoms with E-state index in [4.69, 9.17) is 4.42 Å². The maximum Gasteiger partial charge on any atom is 0.220 e. The van der Waals surface area contributed by atoms with E-state index in [1.165, 1.54) is 18.0 Å². The number of benzene rings is 2. The Morgan fingerprint density at radius 3 is 2.44 bits per heavy atom. The Hall–Kier alpha value is -3.26. The zero-order chi connectivity index (χ0) is 22.3. The maximum absolute atomic E-state index is 13.9. The molecule has 2 aromatic carbocycles. The van der Waals surface area contributed by atoms with Crippen molar-refractivity contribution in [1.29, 1.82) is 0 Å². The van der Waals surface area contributed by atoms with Crippen LogP contribution in [0.1, 0.15) is 12.3 Å². The monoisotopic (exact) mass is 440 g/mol. The predicted molar refractivity (Wildman–Crippen MR) is 118 cm³/mol. The highest BCUT2D eigenvalue weighted by molar-refractivity contribution is 5.76. The molecule has 0 spiro atoms. The topological polar surface area (TPSA) is 61.6 Å². The minimum atomic E-state index is -0.713. The zero-order valence-electron chi connectivity index (χ0n) is 17.8. The summed E-state index contributed by atoms with van der Waals surface area (Å²) < 4.78 is 33.2. The fourth-order valence-corrected chi connectivity index (χ4v) is 3.81. The minimum absolute atomic E-state index is 0.0191. The lowest BCUT2D eigenvalue weighted by Crippen LogP contribution is -2.48. The molecule has 0 aliphatic carbocycles. The maximum atomic E-state index is 13.9. The fourth-order valence-electron chi connectivity index (χ4n) is 3.81. The van der Waals surface area contributed by atoms with E-state index in [2.05, 4.69) is 44.4 Å². The fraction of sp³-hybridized carbons (Fsp3) is 0.333. The van der Waals surface area contributed by atoms with Gasteiger partial charge in [-0.25, -0.2) is 13.8 Å². The number of anilines is 1. The van der Waals surface area contributed by atoms with Crippen molar-refractivity contribution in [2.24, 2.45) is 0 Å². The van der Waals surface area contributed by atoms with Crippen LogP contribution in [0.25, 0.3) is 11.3 Å². The van der Waals surface area contributed by atoms with E-state index in [-0.39, 0.29) is 36.0 Å². The van der Waals surface area contributed by atoms with Gasteiger partial charge in [-0.05, 0) is 24.3 Å². The SMILES string of the molecule is O=C(CCc1ncc(-c2c(F)cccc2F)o1)NCCN1CCN(c2ccccc2)CC1. The number of para-hydroxylation sites is 1. The van der Waals surface area contributed by atoms with Crippen LogP contribution in [0.5, 0.6) is 0 Å². The summed E-state index contributed by atoms with van der Waals surface area (Å²) in [4.78, 5) is 20.9. The van der Waals surface area contributed by atoms with Crippen molar-refractivity contribution < 1.29 is 18.0 Å². The molecule has 6 nitrogen and oxygen atoms in total. The van der Waals surface area contributed by atoms with Crippen molar-refractivity contribution in [3.05, 3.63) is 72.3 Å². The van der Waals surface area contributed by atoms with Gasteiger partial charge in [0.25, 0.3) is 0 Å². The molecule has 1 N–H and O–H groups in total. The molecular formula is C24H26F2N4O2. The van der Waals surface area contributed by atoms with Gasteiger partial charge in [0.05, 0.1) is 11.8 Å². The molecule has 8 heteroatoms. The molecule has 0 radical (unpaired) electrons. The van der Waals surface area contributed by atoms with Gasteiger partial charge in [0, 0.05) is 57.8 Å². The van der Waals surface area contributed by atoms with Gasteiger partial charge in [0.2, 0.25) is 5.91 Å². The average molecular weight is 440 g/mol. The number of oxazole rings is 1. The molecule has 1 aromatic heterocycles. The van der Waals surface area contributed by atoms with Gasteiger partial charge in [0.1, 0.15) is 11.6 Å². The van der Waals surface area contributed by atoms with E-state index >= 15 is 0 Å². The van der Waals surface area contributed by atoms with Crippen molar-refractivity contribution in [2.45, 2.75) is 12.8 Å². The highest BCUT2D eigenvalue weighted by Crippen LogP contribution is 2.26. The van der Waals surface area contributed by atoms with Crippen LogP contribution in [0.3, 0.4) is 0 Å². The first kappa shape index (κ1) is 22.0. The van der Waals surface area contributed by atoms with Crippen LogP contribution in [0, 0.1) is 11.6 Å². The van der Waals surface area contributed by atoms with Gasteiger partial charge >= 0.3 is 0 Å². The van der Waals surface area contributed by atoms with Crippen LogP contribution < -0.4 is 10.2 Å². The molecule has 1 amide bonds. The molecule has 0 atom stereocenters. The van der Waals surface area contributed by atoms with Gasteiger partial charge < -0.3 is 14.6 Å². The summed E-state index contributed by atoms with van der Waals surface area (Å²) in [5.74, 6) is -1.24. The van der Waals surface area contributed by atoms with Crippen molar-refractivity contribution in [3.8, 4) is 11.3 Å². The standard InChI is InChI=1S/C24H26F2N4O2/c25-19-7-4-8-20(26)24(19)21-17-28-23(32-21)10-9-22(31)27-11-12-29-13-15-30(16-14-29)18-5-2-1-3-6-18/h1-8,17H,9-16H2,(H,27,31). The molecule has 32 heavy (non-hydrogen) atoms. The van der Waals surface area contributed by atoms with E-state index < -0.39 is 11.6 Å². The molecular weight excluding hydrogens is 414 g/mol. The van der Waals surface area contributed by atoms with E-state index in [1.807, 2.05) is 6.07 Å². The van der Waals surface area contributed by atoms with Gasteiger partial charge in [-0.15, -0.1) is 0 Å². The largest absolute Gasteiger partial charge is 0.441 e. The number of hydrogen-bond acceptors (Lipinski definition) is 5. The lowest BCUT2D eigenvalue weighted by molar-refractivity contribution is -0.121. The summed E-state index contributed by atoms with van der Waals surface area (Å²) in [5.41, 5.74) is 0.996. The van der Waals surface area contributed by atoms with Crippen LogP contribution >= 0.6 is 0 Å². The van der Waals surface area contributed by atoms with Gasteiger partial charge in [-0.1, -0.05) is 24.3 Å². The van der Waals surface area contributed by atoms with Crippen LogP contribution in [0.4, 0.5) is 14.5 Å². The summed E-state index contributed by atoms with van der Waals surface area (Å²) in [6.45, 7) is 5.21. The van der Waals surface area contributed by atoms with Crippen LogP contribution in [0.2, 0.25) is 0 Å². The molecule has 1 aliphatic rings. The third-order valence-corrected chi connectivity index (χ3v) is 5.57. The molecule has 4 rings (SSSR count). The smallest absolute Gasteiger partial charge is 0.220 e. The first-order valence-electron chi connectivity index (χ1n) is 10.8. The van der Waals surface area contributed by atoms with E-state index in [0.717, 1.165) is 44.9 Å². The number of amides is 1. The quantitative estimate of drug-likeness (QED) is 0.581. The number of halogens is 2. The molecule has 1 aliphatic heterocycles. The zero-order valence-corrected chi connectivity index (χ0v) is 17.8. The lowest BCUT2D eigenvalue weighted by Gasteiger charge is -2.36. The number of rotatable bonds is 8. The van der Waals surface area contributed by atoms with Crippen LogP contribution in [-0.2, 0) is 11.2 Å². The summed E-state index contributed by atoms with van der Waals surface area (Å²) >= 11 is 0. The highest BCUT2D eigenvalue weighted by atomic mass is 19.1. The highest BCUT2D eigenvalue weighted by Gasteiger charge is 2.18. The molecule has 0 unspecified atom stereocenters. The van der Waals surface area contributed by atoms with Gasteiger partial charge in [-0.2, -0.15) is 0 Å². The summed E-state index contributed by atoms with van der Waals surface area (Å²) in [5, 5.41) is 2.92. The summed E-state index contributed by atoms with van der Waals surface area (Å²) in [7, 11) is 0. The lowest BCUT2D eigenvalue weighted by atomic mass is 10.1. The van der Waals surface area contributed by atoms with Crippen LogP contribution in [0.15, 0.2) is 59.1 Å². The molecule has 0 bridgehead atoms. The van der Waals surface area contributed by atoms with E-state index in [9.17, 15) is 13.6 Å². The predicted octanol–water partition coefficient (Wildman–Crippen LogP) is 3.49. The number of nitrogens with zero attached hydrogens (tertiary/aromatic N) is 3. The first-order chi connectivity index (χ1) is 15.6. The van der Waals surface area contributed by atoms with Crippen molar-refractivity contribution in [2.75, 3.05) is 44.2 Å². The second-order valence-electron chi connectivity index (χ2n) is 7.73.